The molecule has 0 aromatic heterocycles. The number of carbonyl (C=O) groups is 2. The normalized spacial score (nSPS) is 11.4. The number of hydrogen-bond acceptors (Lipinski definition) is 3. The van der Waals surface area contributed by atoms with Crippen LogP contribution >= 0.6 is 0 Å². The van der Waals surface area contributed by atoms with Gasteiger partial charge < -0.3 is 20.3 Å². The Kier molecular flexibility index (Phi) is 6.76. The van der Waals surface area contributed by atoms with Crippen LogP contribution in [0.3, 0.4) is 0 Å². The van der Waals surface area contributed by atoms with Crippen molar-refractivity contribution >= 4 is 23.3 Å². The summed E-state index contributed by atoms with van der Waals surface area (Å²) in [5.41, 5.74) is 1.82. The lowest BCUT2D eigenvalue weighted by molar-refractivity contribution is -0.114. The highest BCUT2D eigenvalue weighted by Gasteiger charge is 2.21. The fourth-order valence-corrected chi connectivity index (χ4v) is 2.79. The number of rotatable bonds is 6. The molecule has 0 heterocycles. The Balaban J connectivity index is 2.22. The van der Waals surface area contributed by atoms with Crippen LogP contribution in [0.2, 0.25) is 0 Å². The second kappa shape index (κ2) is 9.02. The zero-order valence-electron chi connectivity index (χ0n) is 15.9. The smallest absolute Gasteiger partial charge is 0.322 e. The summed E-state index contributed by atoms with van der Waals surface area (Å²) in [6.45, 7) is 5.61. The van der Waals surface area contributed by atoms with E-state index in [0.29, 0.717) is 23.7 Å². The first kappa shape index (κ1) is 20.2. The topological polar surface area (TPSA) is 70.7 Å². The summed E-state index contributed by atoms with van der Waals surface area (Å²) in [4.78, 5) is 25.7. The van der Waals surface area contributed by atoms with Gasteiger partial charge in [0.1, 0.15) is 11.6 Å². The summed E-state index contributed by atoms with van der Waals surface area (Å²) in [7, 11) is 1.50. The molecule has 3 amide bonds. The summed E-state index contributed by atoms with van der Waals surface area (Å²) in [5, 5.41) is 5.50. The van der Waals surface area contributed by atoms with E-state index in [2.05, 4.69) is 10.6 Å². The number of hydrogen-bond donors (Lipinski definition) is 2. The number of urea groups is 1. The summed E-state index contributed by atoms with van der Waals surface area (Å²) in [6, 6.07) is 10.5. The first-order valence-corrected chi connectivity index (χ1v) is 8.64. The van der Waals surface area contributed by atoms with E-state index < -0.39 is 0 Å². The molecule has 2 aromatic carbocycles. The number of methoxy groups -OCH3 is 1. The van der Waals surface area contributed by atoms with E-state index >= 15 is 0 Å². The van der Waals surface area contributed by atoms with Crippen LogP contribution in [0.1, 0.15) is 32.4 Å². The quantitative estimate of drug-likeness (QED) is 0.788. The molecule has 0 aliphatic carbocycles. The molecule has 1 atom stereocenters. The Bertz CT molecular complexity index is 809. The van der Waals surface area contributed by atoms with E-state index in [1.165, 1.54) is 26.2 Å². The lowest BCUT2D eigenvalue weighted by Gasteiger charge is -2.29. The molecule has 2 aromatic rings. The Morgan fingerprint density at radius 3 is 2.37 bits per heavy atom. The molecule has 6 nitrogen and oxygen atoms in total. The maximum Gasteiger partial charge on any atom is 0.322 e. The molecule has 0 aliphatic heterocycles. The van der Waals surface area contributed by atoms with Gasteiger partial charge in [0.2, 0.25) is 5.91 Å². The molecular weight excluding hydrogens is 349 g/mol. The molecule has 0 unspecified atom stereocenters. The van der Waals surface area contributed by atoms with Crippen molar-refractivity contribution in [3.05, 3.63) is 53.8 Å². The first-order valence-electron chi connectivity index (χ1n) is 8.64. The number of ether oxygens (including phenoxy) is 1. The van der Waals surface area contributed by atoms with Gasteiger partial charge in [-0.2, -0.15) is 0 Å². The third-order valence-corrected chi connectivity index (χ3v) is 4.18. The maximum absolute atomic E-state index is 13.2. The fourth-order valence-electron chi connectivity index (χ4n) is 2.79. The largest absolute Gasteiger partial charge is 0.495 e. The SMILES string of the molecule is CCN(C(=O)Nc1cc(NC(C)=O)ccc1OC)[C@@H](C)c1ccc(F)cc1. The highest BCUT2D eigenvalue weighted by molar-refractivity contribution is 5.94. The number of anilines is 2. The zero-order chi connectivity index (χ0) is 20.0. The number of nitrogens with zero attached hydrogens (tertiary/aromatic N) is 1. The molecule has 27 heavy (non-hydrogen) atoms. The average Bonchev–Trinajstić information content (AvgIpc) is 2.62. The van der Waals surface area contributed by atoms with Gasteiger partial charge in [-0.25, -0.2) is 9.18 Å². The minimum absolute atomic E-state index is 0.211. The average molecular weight is 373 g/mol. The lowest BCUT2D eigenvalue weighted by Crippen LogP contribution is -2.37. The van der Waals surface area contributed by atoms with Crippen molar-refractivity contribution in [2.24, 2.45) is 0 Å². The zero-order valence-corrected chi connectivity index (χ0v) is 15.9. The molecule has 2 N–H and O–H groups in total. The molecule has 0 aliphatic rings. The third-order valence-electron chi connectivity index (χ3n) is 4.18. The van der Waals surface area contributed by atoms with E-state index in [4.69, 9.17) is 4.74 Å². The molecule has 0 bridgehead atoms. The minimum atomic E-state index is -0.326. The van der Waals surface area contributed by atoms with Crippen LogP contribution in [0.4, 0.5) is 20.6 Å². The van der Waals surface area contributed by atoms with Crippen molar-refractivity contribution in [3.63, 3.8) is 0 Å². The second-order valence-corrected chi connectivity index (χ2v) is 6.04. The number of carbonyl (C=O) groups excluding carboxylic acids is 2. The summed E-state index contributed by atoms with van der Waals surface area (Å²) < 4.78 is 18.4. The van der Waals surface area contributed by atoms with E-state index in [1.807, 2.05) is 13.8 Å². The monoisotopic (exact) mass is 373 g/mol. The van der Waals surface area contributed by atoms with Crippen LogP contribution in [-0.2, 0) is 4.79 Å². The third kappa shape index (κ3) is 5.20. The predicted molar refractivity (Wildman–Crippen MR) is 104 cm³/mol. The second-order valence-electron chi connectivity index (χ2n) is 6.04. The minimum Gasteiger partial charge on any atom is -0.495 e. The molecule has 144 valence electrons. The Morgan fingerprint density at radius 2 is 1.81 bits per heavy atom. The van der Waals surface area contributed by atoms with Crippen molar-refractivity contribution in [1.29, 1.82) is 0 Å². The molecule has 7 heteroatoms. The van der Waals surface area contributed by atoms with Gasteiger partial charge in [-0.05, 0) is 49.7 Å². The van der Waals surface area contributed by atoms with E-state index in [-0.39, 0.29) is 23.8 Å². The molecule has 0 fully saturated rings. The molecule has 0 spiro atoms. The van der Waals surface area contributed by atoms with Gasteiger partial charge in [0.05, 0.1) is 18.8 Å². The molecule has 0 saturated carbocycles. The van der Waals surface area contributed by atoms with Crippen molar-refractivity contribution in [3.8, 4) is 5.75 Å². The first-order chi connectivity index (χ1) is 12.8. The Labute approximate surface area is 158 Å². The van der Waals surface area contributed by atoms with Crippen LogP contribution in [-0.4, -0.2) is 30.5 Å². The van der Waals surface area contributed by atoms with Crippen molar-refractivity contribution in [2.45, 2.75) is 26.8 Å². The van der Waals surface area contributed by atoms with Crippen LogP contribution in [0.15, 0.2) is 42.5 Å². The lowest BCUT2D eigenvalue weighted by atomic mass is 10.1. The van der Waals surface area contributed by atoms with E-state index in [9.17, 15) is 14.0 Å². The Morgan fingerprint density at radius 1 is 1.15 bits per heavy atom. The molecule has 0 radical (unpaired) electrons. The van der Waals surface area contributed by atoms with Gasteiger partial charge in [0, 0.05) is 19.2 Å². The van der Waals surface area contributed by atoms with Gasteiger partial charge in [0.25, 0.3) is 0 Å². The fraction of sp³-hybridized carbons (Fsp3) is 0.300. The number of halogens is 1. The van der Waals surface area contributed by atoms with E-state index in [1.54, 1.807) is 35.2 Å². The van der Waals surface area contributed by atoms with Gasteiger partial charge in [-0.15, -0.1) is 0 Å². The summed E-state index contributed by atoms with van der Waals surface area (Å²) in [6.07, 6.45) is 0. The van der Waals surface area contributed by atoms with Crippen molar-refractivity contribution in [1.82, 2.24) is 4.90 Å². The van der Waals surface area contributed by atoms with Gasteiger partial charge in [-0.1, -0.05) is 12.1 Å². The molecular formula is C20H24FN3O3. The molecule has 2 rings (SSSR count). The van der Waals surface area contributed by atoms with Crippen LogP contribution in [0, 0.1) is 5.82 Å². The molecule has 0 saturated heterocycles. The summed E-state index contributed by atoms with van der Waals surface area (Å²) >= 11 is 0. The number of benzene rings is 2. The van der Waals surface area contributed by atoms with Crippen LogP contribution in [0.25, 0.3) is 0 Å². The maximum atomic E-state index is 13.2. The standard InChI is InChI=1S/C20H24FN3O3/c1-5-24(13(2)15-6-8-16(21)9-7-15)20(26)23-18-12-17(22-14(3)25)10-11-19(18)27-4/h6-13H,5H2,1-4H3,(H,22,25)(H,23,26)/t13-/m0/s1. The van der Waals surface area contributed by atoms with Gasteiger partial charge >= 0.3 is 6.03 Å². The highest BCUT2D eigenvalue weighted by Crippen LogP contribution is 2.29. The number of amides is 3. The van der Waals surface area contributed by atoms with Gasteiger partial charge in [0.15, 0.2) is 0 Å². The van der Waals surface area contributed by atoms with Crippen molar-refractivity contribution < 1.29 is 18.7 Å². The van der Waals surface area contributed by atoms with E-state index in [0.717, 1.165) is 5.56 Å². The Hall–Kier alpha value is -3.09. The van der Waals surface area contributed by atoms with Crippen LogP contribution < -0.4 is 15.4 Å². The number of nitrogens with one attached hydrogen (secondary N) is 2. The summed E-state index contributed by atoms with van der Waals surface area (Å²) in [5.74, 6) is -0.0570. The van der Waals surface area contributed by atoms with Crippen molar-refractivity contribution in [2.75, 3.05) is 24.3 Å². The highest BCUT2D eigenvalue weighted by atomic mass is 19.1. The van der Waals surface area contributed by atoms with Crippen LogP contribution in [0.5, 0.6) is 5.75 Å². The van der Waals surface area contributed by atoms with Gasteiger partial charge in [-0.3, -0.25) is 4.79 Å². The predicted octanol–water partition coefficient (Wildman–Crippen LogP) is 4.41.